The number of rotatable bonds is 5. The van der Waals surface area contributed by atoms with E-state index in [9.17, 15) is 4.79 Å². The van der Waals surface area contributed by atoms with Gasteiger partial charge in [-0.3, -0.25) is 9.78 Å². The maximum atomic E-state index is 12.7. The fourth-order valence-electron chi connectivity index (χ4n) is 3.39. The molecule has 27 heavy (non-hydrogen) atoms. The molecule has 7 nitrogen and oxygen atoms in total. The van der Waals surface area contributed by atoms with E-state index >= 15 is 0 Å². The van der Waals surface area contributed by atoms with Crippen LogP contribution in [-0.4, -0.2) is 48.6 Å². The minimum absolute atomic E-state index is 0.204. The Morgan fingerprint density at radius 2 is 2.19 bits per heavy atom. The Hall–Kier alpha value is -2.61. The summed E-state index contributed by atoms with van der Waals surface area (Å²) >= 11 is 1.63. The normalized spacial score (nSPS) is 14.0. The summed E-state index contributed by atoms with van der Waals surface area (Å²) in [5, 5.41) is 8.71. The van der Waals surface area contributed by atoms with Crippen molar-refractivity contribution in [2.45, 2.75) is 39.2 Å². The number of amides is 1. The maximum Gasteiger partial charge on any atom is 0.223 e. The van der Waals surface area contributed by atoms with Gasteiger partial charge in [-0.15, -0.1) is 21.5 Å². The SMILES string of the molecule is Cc1ncsc1CCC(=O)N1CCc2nnc(Cc3cccnc3)n2CC1. The highest BCUT2D eigenvalue weighted by molar-refractivity contribution is 7.09. The predicted octanol–water partition coefficient (Wildman–Crippen LogP) is 2.05. The van der Waals surface area contributed by atoms with E-state index in [2.05, 4.69) is 24.7 Å². The Bertz CT molecular complexity index is 919. The molecule has 8 heteroatoms. The van der Waals surface area contributed by atoms with Gasteiger partial charge in [0.25, 0.3) is 0 Å². The third kappa shape index (κ3) is 4.05. The number of fused-ring (bicyclic) bond motifs is 1. The van der Waals surface area contributed by atoms with Crippen molar-refractivity contribution in [2.75, 3.05) is 13.1 Å². The van der Waals surface area contributed by atoms with Crippen LogP contribution in [0.3, 0.4) is 0 Å². The number of carbonyl (C=O) groups excluding carboxylic acids is 1. The Balaban J connectivity index is 1.38. The van der Waals surface area contributed by atoms with Crippen molar-refractivity contribution in [3.63, 3.8) is 0 Å². The van der Waals surface area contributed by atoms with Gasteiger partial charge in [-0.05, 0) is 25.0 Å². The highest BCUT2D eigenvalue weighted by Crippen LogP contribution is 2.17. The van der Waals surface area contributed by atoms with E-state index in [1.54, 1.807) is 17.5 Å². The lowest BCUT2D eigenvalue weighted by Gasteiger charge is -2.20. The first-order valence-corrected chi connectivity index (χ1v) is 10.1. The van der Waals surface area contributed by atoms with Crippen LogP contribution < -0.4 is 0 Å². The van der Waals surface area contributed by atoms with Crippen LogP contribution in [0.15, 0.2) is 30.0 Å². The van der Waals surface area contributed by atoms with Gasteiger partial charge < -0.3 is 9.47 Å². The first-order valence-electron chi connectivity index (χ1n) is 9.17. The summed E-state index contributed by atoms with van der Waals surface area (Å²) in [6, 6.07) is 3.98. The molecule has 3 aromatic heterocycles. The van der Waals surface area contributed by atoms with Crippen LogP contribution in [0.2, 0.25) is 0 Å². The van der Waals surface area contributed by atoms with Gasteiger partial charge >= 0.3 is 0 Å². The molecule has 0 bridgehead atoms. The lowest BCUT2D eigenvalue weighted by Crippen LogP contribution is -2.33. The molecule has 140 valence electrons. The molecule has 0 aliphatic carbocycles. The second-order valence-corrected chi connectivity index (χ2v) is 7.65. The molecule has 1 amide bonds. The van der Waals surface area contributed by atoms with E-state index < -0.39 is 0 Å². The molecule has 4 rings (SSSR count). The second-order valence-electron chi connectivity index (χ2n) is 6.71. The molecule has 0 spiro atoms. The second kappa shape index (κ2) is 7.96. The molecule has 0 saturated carbocycles. The zero-order chi connectivity index (χ0) is 18.6. The highest BCUT2D eigenvalue weighted by Gasteiger charge is 2.22. The molecule has 0 fully saturated rings. The van der Waals surface area contributed by atoms with Crippen molar-refractivity contribution in [1.82, 2.24) is 29.6 Å². The standard InChI is InChI=1S/C19H22N6OS/c1-14-16(27-13-21-14)4-5-19(26)24-8-6-17-22-23-18(25(17)10-9-24)11-15-3-2-7-20-12-15/h2-3,7,12-13H,4-6,8-11H2,1H3. The van der Waals surface area contributed by atoms with Crippen LogP contribution in [-0.2, 0) is 30.6 Å². The van der Waals surface area contributed by atoms with Crippen molar-refractivity contribution in [2.24, 2.45) is 0 Å². The Labute approximate surface area is 162 Å². The largest absolute Gasteiger partial charge is 0.340 e. The smallest absolute Gasteiger partial charge is 0.223 e. The third-order valence-corrected chi connectivity index (χ3v) is 5.95. The van der Waals surface area contributed by atoms with Gasteiger partial charge in [-0.2, -0.15) is 0 Å². The summed E-state index contributed by atoms with van der Waals surface area (Å²) in [5.74, 6) is 2.10. The lowest BCUT2D eigenvalue weighted by atomic mass is 10.2. The average molecular weight is 382 g/mol. The molecule has 4 heterocycles. The van der Waals surface area contributed by atoms with E-state index in [-0.39, 0.29) is 5.91 Å². The molecule has 3 aromatic rings. The minimum Gasteiger partial charge on any atom is -0.340 e. The van der Waals surface area contributed by atoms with E-state index in [1.165, 1.54) is 4.88 Å². The summed E-state index contributed by atoms with van der Waals surface area (Å²) in [5.41, 5.74) is 4.00. The van der Waals surface area contributed by atoms with Gasteiger partial charge in [0.1, 0.15) is 11.6 Å². The van der Waals surface area contributed by atoms with E-state index in [4.69, 9.17) is 0 Å². The Morgan fingerprint density at radius 1 is 1.26 bits per heavy atom. The number of hydrogen-bond acceptors (Lipinski definition) is 6. The van der Waals surface area contributed by atoms with Crippen LogP contribution in [0.4, 0.5) is 0 Å². The number of thiazole rings is 1. The quantitative estimate of drug-likeness (QED) is 0.675. The molecule has 0 unspecified atom stereocenters. The number of carbonyl (C=O) groups is 1. The molecule has 0 N–H and O–H groups in total. The number of aromatic nitrogens is 5. The molecule has 0 atom stereocenters. The van der Waals surface area contributed by atoms with Gasteiger partial charge in [-0.1, -0.05) is 6.07 Å². The van der Waals surface area contributed by atoms with Gasteiger partial charge in [0.2, 0.25) is 5.91 Å². The van der Waals surface area contributed by atoms with Gasteiger partial charge in [0, 0.05) is 56.2 Å². The molecular formula is C19H22N6OS. The van der Waals surface area contributed by atoms with Crippen LogP contribution in [0.25, 0.3) is 0 Å². The van der Waals surface area contributed by atoms with Crippen molar-refractivity contribution >= 4 is 17.2 Å². The lowest BCUT2D eigenvalue weighted by molar-refractivity contribution is -0.131. The summed E-state index contributed by atoms with van der Waals surface area (Å²) in [6.07, 6.45) is 6.38. The first kappa shape index (κ1) is 17.8. The number of aryl methyl sites for hydroxylation is 2. The maximum absolute atomic E-state index is 12.7. The summed E-state index contributed by atoms with van der Waals surface area (Å²) in [6.45, 7) is 4.14. The van der Waals surface area contributed by atoms with Crippen LogP contribution in [0.1, 0.15) is 34.2 Å². The first-order chi connectivity index (χ1) is 13.2. The third-order valence-electron chi connectivity index (χ3n) is 4.95. The molecule has 1 aliphatic heterocycles. The van der Waals surface area contributed by atoms with Crippen molar-refractivity contribution in [3.8, 4) is 0 Å². The topological polar surface area (TPSA) is 76.8 Å². The molecule has 0 aromatic carbocycles. The zero-order valence-corrected chi connectivity index (χ0v) is 16.2. The average Bonchev–Trinajstić information content (AvgIpc) is 3.19. The van der Waals surface area contributed by atoms with Crippen LogP contribution in [0.5, 0.6) is 0 Å². The number of nitrogens with zero attached hydrogens (tertiary/aromatic N) is 6. The molecule has 0 saturated heterocycles. The highest BCUT2D eigenvalue weighted by atomic mass is 32.1. The molecular weight excluding hydrogens is 360 g/mol. The predicted molar refractivity (Wildman–Crippen MR) is 103 cm³/mol. The number of pyridine rings is 1. The van der Waals surface area contributed by atoms with Crippen LogP contribution >= 0.6 is 11.3 Å². The van der Waals surface area contributed by atoms with Crippen LogP contribution in [0, 0.1) is 6.92 Å². The minimum atomic E-state index is 0.204. The summed E-state index contributed by atoms with van der Waals surface area (Å²) in [4.78, 5) is 24.2. The molecule has 1 aliphatic rings. The van der Waals surface area contributed by atoms with Gasteiger partial charge in [-0.25, -0.2) is 4.98 Å². The van der Waals surface area contributed by atoms with E-state index in [1.807, 2.05) is 35.7 Å². The van der Waals surface area contributed by atoms with E-state index in [0.29, 0.717) is 25.9 Å². The summed E-state index contributed by atoms with van der Waals surface area (Å²) < 4.78 is 2.16. The fourth-order valence-corrected chi connectivity index (χ4v) is 4.17. The molecule has 0 radical (unpaired) electrons. The Morgan fingerprint density at radius 3 is 2.96 bits per heavy atom. The zero-order valence-electron chi connectivity index (χ0n) is 15.3. The van der Waals surface area contributed by atoms with Gasteiger partial charge in [0.15, 0.2) is 0 Å². The van der Waals surface area contributed by atoms with Gasteiger partial charge in [0.05, 0.1) is 11.2 Å². The van der Waals surface area contributed by atoms with Crippen molar-refractivity contribution < 1.29 is 4.79 Å². The number of hydrogen-bond donors (Lipinski definition) is 0. The fraction of sp³-hybridized carbons (Fsp3) is 0.421. The Kier molecular flexibility index (Phi) is 5.24. The monoisotopic (exact) mass is 382 g/mol. The van der Waals surface area contributed by atoms with Crippen molar-refractivity contribution in [3.05, 3.63) is 57.8 Å². The summed E-state index contributed by atoms with van der Waals surface area (Å²) in [7, 11) is 0. The van der Waals surface area contributed by atoms with E-state index in [0.717, 1.165) is 42.3 Å². The van der Waals surface area contributed by atoms with Crippen molar-refractivity contribution in [1.29, 1.82) is 0 Å².